The van der Waals surface area contributed by atoms with Crippen molar-refractivity contribution in [1.82, 2.24) is 19.6 Å². The topological polar surface area (TPSA) is 87.9 Å². The number of hydrogen-bond donors (Lipinski definition) is 0. The van der Waals surface area contributed by atoms with Crippen LogP contribution >= 0.6 is 0 Å². The fraction of sp³-hybridized carbons (Fsp3) is 0.588. The molecule has 0 spiro atoms. The number of ether oxygens (including phenoxy) is 3. The normalized spacial score (nSPS) is 28.8. The molecule has 0 bridgehead atoms. The fourth-order valence-corrected chi connectivity index (χ4v) is 3.64. The third-order valence-electron chi connectivity index (χ3n) is 4.88. The lowest BCUT2D eigenvalue weighted by Gasteiger charge is -2.26. The Bertz CT molecular complexity index is 905. The largest absolute Gasteiger partial charge is 0.341 e. The number of hydrogen-bond acceptors (Lipinski definition) is 7. The summed E-state index contributed by atoms with van der Waals surface area (Å²) in [4.78, 5) is 25.4. The van der Waals surface area contributed by atoms with Crippen LogP contribution < -0.4 is 0 Å². The third kappa shape index (κ3) is 2.94. The van der Waals surface area contributed by atoms with Gasteiger partial charge < -0.3 is 18.8 Å². The summed E-state index contributed by atoms with van der Waals surface area (Å²) in [5.41, 5.74) is -0.107. The van der Waals surface area contributed by atoms with Crippen molar-refractivity contribution in [3.05, 3.63) is 24.3 Å². The molecule has 0 aliphatic carbocycles. The SMILES string of the molecule is CON(C)C(=O)[C@H]1O[C@@H](n2ccc3c(C(F)F)ncnc32)[C@@H]2OC(C)(C)O[C@@H]21. The van der Waals surface area contributed by atoms with Crippen LogP contribution in [0.4, 0.5) is 8.78 Å². The molecule has 4 rings (SSSR count). The van der Waals surface area contributed by atoms with E-state index < -0.39 is 42.7 Å². The molecule has 2 saturated heterocycles. The summed E-state index contributed by atoms with van der Waals surface area (Å²) in [6.45, 7) is 3.46. The van der Waals surface area contributed by atoms with Crippen molar-refractivity contribution in [3.8, 4) is 0 Å². The Morgan fingerprint density at radius 2 is 2.04 bits per heavy atom. The van der Waals surface area contributed by atoms with Crippen molar-refractivity contribution < 1.29 is 32.6 Å². The summed E-state index contributed by atoms with van der Waals surface area (Å²) >= 11 is 0. The molecule has 0 unspecified atom stereocenters. The van der Waals surface area contributed by atoms with Crippen molar-refractivity contribution in [2.24, 2.45) is 0 Å². The summed E-state index contributed by atoms with van der Waals surface area (Å²) in [6.07, 6.45) is -3.24. The first-order valence-corrected chi connectivity index (χ1v) is 8.66. The Labute approximate surface area is 159 Å². The molecule has 4 heterocycles. The monoisotopic (exact) mass is 398 g/mol. The van der Waals surface area contributed by atoms with E-state index in [4.69, 9.17) is 19.0 Å². The van der Waals surface area contributed by atoms with Crippen LogP contribution in [-0.2, 0) is 23.8 Å². The second kappa shape index (κ2) is 6.69. The number of nitrogens with zero attached hydrogens (tertiary/aromatic N) is 4. The first kappa shape index (κ1) is 19.1. The molecule has 28 heavy (non-hydrogen) atoms. The Morgan fingerprint density at radius 3 is 2.71 bits per heavy atom. The first-order chi connectivity index (χ1) is 13.2. The number of halogens is 2. The van der Waals surface area contributed by atoms with E-state index in [1.807, 2.05) is 0 Å². The number of fused-ring (bicyclic) bond motifs is 2. The molecule has 2 aromatic heterocycles. The van der Waals surface area contributed by atoms with Gasteiger partial charge in [-0.25, -0.2) is 23.8 Å². The molecular formula is C17H20F2N4O5. The number of likely N-dealkylation sites (N-methyl/N-ethyl adjacent to an activating group) is 1. The maximum absolute atomic E-state index is 13.3. The van der Waals surface area contributed by atoms with Gasteiger partial charge in [0.25, 0.3) is 12.3 Å². The number of hydroxylamine groups is 2. The van der Waals surface area contributed by atoms with E-state index in [2.05, 4.69) is 9.97 Å². The molecule has 0 N–H and O–H groups in total. The number of carbonyl (C=O) groups excluding carboxylic acids is 1. The van der Waals surface area contributed by atoms with Crippen LogP contribution in [-0.4, -0.2) is 63.8 Å². The van der Waals surface area contributed by atoms with Crippen LogP contribution in [0, 0.1) is 0 Å². The van der Waals surface area contributed by atoms with E-state index in [0.717, 1.165) is 11.4 Å². The second-order valence-corrected chi connectivity index (χ2v) is 7.05. The van der Waals surface area contributed by atoms with Gasteiger partial charge in [-0.05, 0) is 19.9 Å². The summed E-state index contributed by atoms with van der Waals surface area (Å²) in [6, 6.07) is 1.49. The molecule has 2 aliphatic heterocycles. The second-order valence-electron chi connectivity index (χ2n) is 7.05. The van der Waals surface area contributed by atoms with Crippen molar-refractivity contribution in [2.45, 2.75) is 50.6 Å². The standard InChI is InChI=1S/C17H20F2N4O5/c1-17(2)27-10-11(15(24)22(3)25-4)26-16(12(10)28-17)23-6-5-8-9(13(18)19)20-7-21-14(8)23/h5-7,10-13,16H,1-4H3/t10-,11+,12-,16-/m1/s1. The molecule has 1 amide bonds. The first-order valence-electron chi connectivity index (χ1n) is 8.66. The smallest absolute Gasteiger partial charge is 0.281 e. The Morgan fingerprint density at radius 1 is 1.32 bits per heavy atom. The van der Waals surface area contributed by atoms with E-state index in [1.165, 1.54) is 20.2 Å². The summed E-state index contributed by atoms with van der Waals surface area (Å²) in [5, 5.41) is 1.25. The number of alkyl halides is 2. The molecule has 0 radical (unpaired) electrons. The average Bonchev–Trinajstić information content (AvgIpc) is 3.30. The van der Waals surface area contributed by atoms with Crippen molar-refractivity contribution in [1.29, 1.82) is 0 Å². The maximum Gasteiger partial charge on any atom is 0.281 e. The van der Waals surface area contributed by atoms with Crippen molar-refractivity contribution in [3.63, 3.8) is 0 Å². The zero-order valence-corrected chi connectivity index (χ0v) is 15.7. The van der Waals surface area contributed by atoms with Gasteiger partial charge in [0.15, 0.2) is 18.1 Å². The van der Waals surface area contributed by atoms with Crippen LogP contribution in [0.2, 0.25) is 0 Å². The predicted octanol–water partition coefficient (Wildman–Crippen LogP) is 1.81. The van der Waals surface area contributed by atoms with Gasteiger partial charge in [0.05, 0.1) is 7.11 Å². The molecule has 2 aromatic rings. The minimum Gasteiger partial charge on any atom is -0.341 e. The van der Waals surface area contributed by atoms with Crippen molar-refractivity contribution >= 4 is 16.9 Å². The summed E-state index contributed by atoms with van der Waals surface area (Å²) in [7, 11) is 2.82. The number of carbonyl (C=O) groups is 1. The summed E-state index contributed by atoms with van der Waals surface area (Å²) in [5.74, 6) is -1.38. The molecule has 0 saturated carbocycles. The number of aromatic nitrogens is 3. The summed E-state index contributed by atoms with van der Waals surface area (Å²) < 4.78 is 45.9. The Hall–Kier alpha value is -2.21. The minimum atomic E-state index is -2.74. The molecule has 11 heteroatoms. The minimum absolute atomic E-state index is 0.208. The maximum atomic E-state index is 13.3. The van der Waals surface area contributed by atoms with E-state index in [0.29, 0.717) is 0 Å². The highest BCUT2D eigenvalue weighted by molar-refractivity contribution is 5.81. The van der Waals surface area contributed by atoms with Gasteiger partial charge in [-0.1, -0.05) is 0 Å². The Balaban J connectivity index is 1.75. The van der Waals surface area contributed by atoms with E-state index >= 15 is 0 Å². The zero-order chi connectivity index (χ0) is 20.2. The lowest BCUT2D eigenvalue weighted by Crippen LogP contribution is -2.43. The van der Waals surface area contributed by atoms with Gasteiger partial charge in [0.2, 0.25) is 0 Å². The lowest BCUT2D eigenvalue weighted by atomic mass is 10.1. The van der Waals surface area contributed by atoms with Crippen molar-refractivity contribution in [2.75, 3.05) is 14.2 Å². The van der Waals surface area contributed by atoms with Gasteiger partial charge >= 0.3 is 0 Å². The highest BCUT2D eigenvalue weighted by Gasteiger charge is 2.58. The predicted molar refractivity (Wildman–Crippen MR) is 90.0 cm³/mol. The van der Waals surface area contributed by atoms with Gasteiger partial charge in [0.1, 0.15) is 29.9 Å². The van der Waals surface area contributed by atoms with E-state index in [1.54, 1.807) is 24.6 Å². The number of amides is 1. The van der Waals surface area contributed by atoms with Crippen LogP contribution in [0.25, 0.3) is 11.0 Å². The molecule has 9 nitrogen and oxygen atoms in total. The average molecular weight is 398 g/mol. The van der Waals surface area contributed by atoms with Crippen LogP contribution in [0.5, 0.6) is 0 Å². The Kier molecular flexibility index (Phi) is 4.57. The zero-order valence-electron chi connectivity index (χ0n) is 15.7. The molecule has 2 aliphatic rings. The number of rotatable bonds is 4. The molecule has 0 aromatic carbocycles. The fourth-order valence-electron chi connectivity index (χ4n) is 3.64. The van der Waals surface area contributed by atoms with E-state index in [9.17, 15) is 13.6 Å². The lowest BCUT2D eigenvalue weighted by molar-refractivity contribution is -0.211. The van der Waals surface area contributed by atoms with Gasteiger partial charge in [0, 0.05) is 18.6 Å². The van der Waals surface area contributed by atoms with E-state index in [-0.39, 0.29) is 16.7 Å². The van der Waals surface area contributed by atoms with Crippen LogP contribution in [0.15, 0.2) is 18.6 Å². The van der Waals surface area contributed by atoms with Gasteiger partial charge in [-0.15, -0.1) is 0 Å². The van der Waals surface area contributed by atoms with Crippen LogP contribution in [0.1, 0.15) is 32.2 Å². The highest BCUT2D eigenvalue weighted by atomic mass is 19.3. The highest BCUT2D eigenvalue weighted by Crippen LogP contribution is 2.44. The molecule has 2 fully saturated rings. The quantitative estimate of drug-likeness (QED) is 0.726. The van der Waals surface area contributed by atoms with Gasteiger partial charge in [-0.2, -0.15) is 0 Å². The van der Waals surface area contributed by atoms with Gasteiger partial charge in [-0.3, -0.25) is 9.63 Å². The molecule has 152 valence electrons. The molecular weight excluding hydrogens is 378 g/mol. The van der Waals surface area contributed by atoms with Crippen LogP contribution in [0.3, 0.4) is 0 Å². The third-order valence-corrected chi connectivity index (χ3v) is 4.88. The molecule has 4 atom stereocenters.